The monoisotopic (exact) mass is 348 g/mol. The van der Waals surface area contributed by atoms with E-state index >= 15 is 0 Å². The highest BCUT2D eigenvalue weighted by molar-refractivity contribution is 7.09. The van der Waals surface area contributed by atoms with Crippen molar-refractivity contribution in [1.29, 1.82) is 0 Å². The van der Waals surface area contributed by atoms with Crippen LogP contribution in [0, 0.1) is 5.82 Å². The van der Waals surface area contributed by atoms with E-state index in [-0.39, 0.29) is 5.82 Å². The van der Waals surface area contributed by atoms with Crippen molar-refractivity contribution < 1.29 is 4.39 Å². The van der Waals surface area contributed by atoms with Gasteiger partial charge in [-0.15, -0.1) is 11.3 Å². The molecule has 2 aromatic rings. The molecule has 0 saturated carbocycles. The van der Waals surface area contributed by atoms with Gasteiger partial charge < -0.3 is 10.6 Å². The normalized spacial score (nSPS) is 11.8. The summed E-state index contributed by atoms with van der Waals surface area (Å²) in [5.74, 6) is 1.02. The van der Waals surface area contributed by atoms with Crippen molar-refractivity contribution in [3.8, 4) is 0 Å². The first-order valence-corrected chi connectivity index (χ1v) is 9.17. The molecule has 1 heterocycles. The third-order valence-corrected chi connectivity index (χ3v) is 4.61. The maximum absolute atomic E-state index is 12.9. The highest BCUT2D eigenvalue weighted by Gasteiger charge is 2.06. The van der Waals surface area contributed by atoms with E-state index in [1.807, 2.05) is 6.92 Å². The fourth-order valence-electron chi connectivity index (χ4n) is 2.11. The summed E-state index contributed by atoms with van der Waals surface area (Å²) in [6, 6.07) is 6.43. The number of nitrogens with one attached hydrogen (secondary N) is 2. The van der Waals surface area contributed by atoms with Crippen LogP contribution in [-0.2, 0) is 13.0 Å². The number of hydrogen-bond donors (Lipinski definition) is 2. The average molecular weight is 348 g/mol. The van der Waals surface area contributed by atoms with Gasteiger partial charge in [-0.2, -0.15) is 0 Å². The number of benzene rings is 1. The number of thiazole rings is 1. The van der Waals surface area contributed by atoms with E-state index in [0.717, 1.165) is 36.7 Å². The maximum atomic E-state index is 12.9. The Kier molecular flexibility index (Phi) is 7.18. The molecular formula is C18H25FN4S. The summed E-state index contributed by atoms with van der Waals surface area (Å²) in [7, 11) is 0. The molecule has 130 valence electrons. The number of hydrogen-bond acceptors (Lipinski definition) is 3. The van der Waals surface area contributed by atoms with Gasteiger partial charge in [0.05, 0.1) is 17.2 Å². The number of aromatic nitrogens is 1. The molecule has 0 aliphatic heterocycles. The molecule has 2 rings (SSSR count). The van der Waals surface area contributed by atoms with Crippen molar-refractivity contribution >= 4 is 17.3 Å². The first kappa shape index (κ1) is 18.4. The second-order valence-corrected chi connectivity index (χ2v) is 6.72. The highest BCUT2D eigenvalue weighted by atomic mass is 32.1. The van der Waals surface area contributed by atoms with E-state index in [4.69, 9.17) is 0 Å². The topological polar surface area (TPSA) is 49.3 Å². The highest BCUT2D eigenvalue weighted by Crippen LogP contribution is 2.19. The third kappa shape index (κ3) is 5.92. The van der Waals surface area contributed by atoms with Gasteiger partial charge in [0.15, 0.2) is 5.96 Å². The predicted molar refractivity (Wildman–Crippen MR) is 99.1 cm³/mol. The molecule has 0 aliphatic carbocycles. The van der Waals surface area contributed by atoms with Crippen molar-refractivity contribution in [1.82, 2.24) is 15.6 Å². The van der Waals surface area contributed by atoms with Crippen LogP contribution < -0.4 is 10.6 Å². The summed E-state index contributed by atoms with van der Waals surface area (Å²) >= 11 is 1.72. The summed E-state index contributed by atoms with van der Waals surface area (Å²) in [6.45, 7) is 8.44. The number of guanidine groups is 1. The Morgan fingerprint density at radius 2 is 2.00 bits per heavy atom. The van der Waals surface area contributed by atoms with Gasteiger partial charge >= 0.3 is 0 Å². The van der Waals surface area contributed by atoms with E-state index in [0.29, 0.717) is 12.5 Å². The van der Waals surface area contributed by atoms with Crippen molar-refractivity contribution in [2.24, 2.45) is 4.99 Å². The lowest BCUT2D eigenvalue weighted by atomic mass is 10.2. The van der Waals surface area contributed by atoms with Crippen LogP contribution in [0.5, 0.6) is 0 Å². The number of halogens is 1. The summed E-state index contributed by atoms with van der Waals surface area (Å²) in [6.07, 6.45) is 0.865. The van der Waals surface area contributed by atoms with Gasteiger partial charge in [-0.25, -0.2) is 14.4 Å². The molecule has 0 amide bonds. The molecular weight excluding hydrogens is 323 g/mol. The molecule has 2 N–H and O–H groups in total. The zero-order valence-corrected chi connectivity index (χ0v) is 15.3. The molecule has 1 aromatic carbocycles. The van der Waals surface area contributed by atoms with Crippen LogP contribution in [0.2, 0.25) is 0 Å². The summed E-state index contributed by atoms with van der Waals surface area (Å²) in [4.78, 5) is 9.17. The van der Waals surface area contributed by atoms with Crippen molar-refractivity contribution in [2.75, 3.05) is 13.1 Å². The van der Waals surface area contributed by atoms with E-state index < -0.39 is 0 Å². The molecule has 0 atom stereocenters. The van der Waals surface area contributed by atoms with Crippen LogP contribution in [0.15, 0.2) is 34.6 Å². The number of aliphatic imine (C=N–C) groups is 1. The minimum Gasteiger partial charge on any atom is -0.357 e. The predicted octanol–water partition coefficient (Wildman–Crippen LogP) is 3.70. The van der Waals surface area contributed by atoms with E-state index in [2.05, 4.69) is 39.8 Å². The first-order valence-electron chi connectivity index (χ1n) is 8.29. The molecule has 0 fully saturated rings. The van der Waals surface area contributed by atoms with Gasteiger partial charge in [-0.1, -0.05) is 26.0 Å². The van der Waals surface area contributed by atoms with Gasteiger partial charge in [0.25, 0.3) is 0 Å². The van der Waals surface area contributed by atoms with Crippen LogP contribution in [0.3, 0.4) is 0 Å². The van der Waals surface area contributed by atoms with Gasteiger partial charge in [-0.3, -0.25) is 0 Å². The Labute approximate surface area is 147 Å². The summed E-state index contributed by atoms with van der Waals surface area (Å²) < 4.78 is 12.9. The Bertz CT molecular complexity index is 649. The zero-order chi connectivity index (χ0) is 17.4. The Balaban J connectivity index is 1.85. The second kappa shape index (κ2) is 9.37. The minimum absolute atomic E-state index is 0.225. The summed E-state index contributed by atoms with van der Waals surface area (Å²) in [5, 5.41) is 9.85. The largest absolute Gasteiger partial charge is 0.357 e. The molecule has 0 unspecified atom stereocenters. The fraction of sp³-hybridized carbons (Fsp3) is 0.444. The van der Waals surface area contributed by atoms with Crippen molar-refractivity contribution in [3.63, 3.8) is 0 Å². The van der Waals surface area contributed by atoms with Gasteiger partial charge in [0.2, 0.25) is 0 Å². The SMILES string of the molecule is CCNC(=NCc1ccc(F)cc1)NCCc1csc(C(C)C)n1. The lowest BCUT2D eigenvalue weighted by molar-refractivity contribution is 0.627. The standard InChI is InChI=1S/C18H25FN4S/c1-4-20-18(22-11-14-5-7-15(19)8-6-14)21-10-9-16-12-24-17(23-16)13(2)3/h5-8,12-13H,4,9-11H2,1-3H3,(H2,20,21,22). The Morgan fingerprint density at radius 3 is 2.62 bits per heavy atom. The molecule has 0 aliphatic rings. The number of rotatable bonds is 7. The fourth-order valence-corrected chi connectivity index (χ4v) is 2.98. The summed E-state index contributed by atoms with van der Waals surface area (Å²) in [5.41, 5.74) is 2.10. The second-order valence-electron chi connectivity index (χ2n) is 5.83. The quantitative estimate of drug-likeness (QED) is 0.592. The molecule has 1 aromatic heterocycles. The zero-order valence-electron chi connectivity index (χ0n) is 14.5. The van der Waals surface area contributed by atoms with Crippen LogP contribution in [0.25, 0.3) is 0 Å². The Hall–Kier alpha value is -1.95. The molecule has 4 nitrogen and oxygen atoms in total. The van der Waals surface area contributed by atoms with Crippen molar-refractivity contribution in [2.45, 2.75) is 39.7 Å². The van der Waals surface area contributed by atoms with Crippen LogP contribution in [0.1, 0.15) is 43.0 Å². The lowest BCUT2D eigenvalue weighted by Gasteiger charge is -2.10. The molecule has 0 bridgehead atoms. The third-order valence-electron chi connectivity index (χ3n) is 3.41. The molecule has 0 spiro atoms. The maximum Gasteiger partial charge on any atom is 0.191 e. The average Bonchev–Trinajstić information content (AvgIpc) is 3.03. The smallest absolute Gasteiger partial charge is 0.191 e. The first-order chi connectivity index (χ1) is 11.6. The molecule has 24 heavy (non-hydrogen) atoms. The number of nitrogens with zero attached hydrogens (tertiary/aromatic N) is 2. The molecule has 6 heteroatoms. The van der Waals surface area contributed by atoms with Crippen LogP contribution in [0.4, 0.5) is 4.39 Å². The molecule has 0 saturated heterocycles. The van der Waals surface area contributed by atoms with E-state index in [1.54, 1.807) is 23.5 Å². The van der Waals surface area contributed by atoms with E-state index in [9.17, 15) is 4.39 Å². The van der Waals surface area contributed by atoms with Crippen LogP contribution >= 0.6 is 11.3 Å². The minimum atomic E-state index is -0.225. The van der Waals surface area contributed by atoms with Crippen molar-refractivity contribution in [3.05, 3.63) is 51.7 Å². The van der Waals surface area contributed by atoms with Gasteiger partial charge in [0, 0.05) is 30.8 Å². The van der Waals surface area contributed by atoms with Gasteiger partial charge in [0.1, 0.15) is 5.82 Å². The van der Waals surface area contributed by atoms with E-state index in [1.165, 1.54) is 17.1 Å². The van der Waals surface area contributed by atoms with Gasteiger partial charge in [-0.05, 0) is 24.6 Å². The van der Waals surface area contributed by atoms with Crippen LogP contribution in [-0.4, -0.2) is 24.0 Å². The Morgan fingerprint density at radius 1 is 1.25 bits per heavy atom. The molecule has 0 radical (unpaired) electrons. The lowest BCUT2D eigenvalue weighted by Crippen LogP contribution is -2.38.